The number of phenolic OH excluding ortho intramolecular Hbond substituents is 1. The zero-order valence-corrected chi connectivity index (χ0v) is 19.0. The van der Waals surface area contributed by atoms with Crippen LogP contribution < -0.4 is 10.1 Å². The predicted molar refractivity (Wildman–Crippen MR) is 124 cm³/mol. The van der Waals surface area contributed by atoms with Crippen molar-refractivity contribution in [2.24, 2.45) is 0 Å². The largest absolute Gasteiger partial charge is 0.503 e. The van der Waals surface area contributed by atoms with E-state index in [1.807, 2.05) is 44.2 Å². The maximum absolute atomic E-state index is 12.4. The number of hydrogen-bond donors (Lipinski definition) is 2. The molecular formula is C24H31ClN2O4. The molecule has 0 saturated carbocycles. The Balaban J connectivity index is 2.07. The first-order chi connectivity index (χ1) is 15.0. The van der Waals surface area contributed by atoms with Gasteiger partial charge in [-0.2, -0.15) is 0 Å². The molecule has 1 fully saturated rings. The molecule has 1 aliphatic rings. The molecule has 168 valence electrons. The van der Waals surface area contributed by atoms with E-state index in [2.05, 4.69) is 10.2 Å². The van der Waals surface area contributed by atoms with Crippen molar-refractivity contribution >= 4 is 23.2 Å². The second kappa shape index (κ2) is 11.4. The normalized spacial score (nSPS) is 14.4. The van der Waals surface area contributed by atoms with Gasteiger partial charge in [-0.15, -0.1) is 0 Å². The summed E-state index contributed by atoms with van der Waals surface area (Å²) < 4.78 is 11.4. The van der Waals surface area contributed by atoms with Crippen LogP contribution in [0.1, 0.15) is 38.7 Å². The lowest BCUT2D eigenvalue weighted by Gasteiger charge is -2.29. The third-order valence-corrected chi connectivity index (χ3v) is 5.57. The highest BCUT2D eigenvalue weighted by molar-refractivity contribution is 6.30. The lowest BCUT2D eigenvalue weighted by atomic mass is 9.96. The molecule has 31 heavy (non-hydrogen) atoms. The molecule has 6 nitrogen and oxygen atoms in total. The van der Waals surface area contributed by atoms with Gasteiger partial charge in [0.15, 0.2) is 11.5 Å². The number of nitrogens with one attached hydrogen (secondary N) is 1. The molecule has 0 spiro atoms. The van der Waals surface area contributed by atoms with E-state index in [1.165, 1.54) is 0 Å². The summed E-state index contributed by atoms with van der Waals surface area (Å²) in [5.41, 5.74) is 3.09. The van der Waals surface area contributed by atoms with E-state index in [0.29, 0.717) is 49.2 Å². The predicted octanol–water partition coefficient (Wildman–Crippen LogP) is 5.07. The molecule has 1 saturated heterocycles. The molecule has 1 heterocycles. The van der Waals surface area contributed by atoms with Gasteiger partial charge in [-0.1, -0.05) is 37.1 Å². The highest BCUT2D eigenvalue weighted by Gasteiger charge is 2.23. The summed E-state index contributed by atoms with van der Waals surface area (Å²) in [5, 5.41) is 14.5. The Hall–Kier alpha value is -2.28. The van der Waals surface area contributed by atoms with Gasteiger partial charge < -0.3 is 19.9 Å². The number of anilines is 1. The topological polar surface area (TPSA) is 71.0 Å². The van der Waals surface area contributed by atoms with Crippen LogP contribution in [-0.2, 0) is 16.1 Å². The number of phenols is 1. The number of rotatable bonds is 9. The summed E-state index contributed by atoms with van der Waals surface area (Å²) in [6.07, 6.45) is 2.13. The third kappa shape index (κ3) is 6.12. The number of aromatic hydroxyl groups is 1. The molecule has 0 radical (unpaired) electrons. The first-order valence-electron chi connectivity index (χ1n) is 10.9. The van der Waals surface area contributed by atoms with Gasteiger partial charge in [-0.05, 0) is 42.7 Å². The van der Waals surface area contributed by atoms with Crippen LogP contribution in [0.3, 0.4) is 0 Å². The van der Waals surface area contributed by atoms with Gasteiger partial charge in [0.05, 0.1) is 25.5 Å². The number of morpholine rings is 1. The lowest BCUT2D eigenvalue weighted by Crippen LogP contribution is -2.35. The maximum atomic E-state index is 12.4. The number of nitrogens with zero attached hydrogens (tertiary/aromatic N) is 1. The molecule has 2 aromatic rings. The van der Waals surface area contributed by atoms with Gasteiger partial charge in [0.1, 0.15) is 0 Å². The molecular weight excluding hydrogens is 416 g/mol. The highest BCUT2D eigenvalue weighted by atomic mass is 35.5. The highest BCUT2D eigenvalue weighted by Crippen LogP contribution is 2.44. The van der Waals surface area contributed by atoms with Gasteiger partial charge in [0, 0.05) is 36.6 Å². The van der Waals surface area contributed by atoms with Crippen LogP contribution in [0.25, 0.3) is 11.1 Å². The zero-order valence-electron chi connectivity index (χ0n) is 18.2. The van der Waals surface area contributed by atoms with E-state index in [4.69, 9.17) is 21.1 Å². The molecule has 7 heteroatoms. The number of hydrogen-bond acceptors (Lipinski definition) is 5. The third-order valence-electron chi connectivity index (χ3n) is 5.32. The zero-order chi connectivity index (χ0) is 22.2. The van der Waals surface area contributed by atoms with Crippen LogP contribution in [0.2, 0.25) is 5.02 Å². The van der Waals surface area contributed by atoms with Crippen molar-refractivity contribution in [1.82, 2.24) is 4.90 Å². The van der Waals surface area contributed by atoms with Gasteiger partial charge in [0.2, 0.25) is 5.91 Å². The number of amides is 1. The summed E-state index contributed by atoms with van der Waals surface area (Å²) in [6, 6.07) is 9.39. The standard InChI is InChI=1S/C24H31ClN2O4/c1-3-5-6-22(28)26-21-15-19(17-7-9-18(25)10-8-17)20(24(23(21)29)31-4-2)16-27-11-13-30-14-12-27/h7-10,15,29H,3-6,11-14,16H2,1-2H3,(H,26,28). The van der Waals surface area contributed by atoms with Crippen LogP contribution >= 0.6 is 11.6 Å². The van der Waals surface area contributed by atoms with E-state index in [1.54, 1.807) is 0 Å². The van der Waals surface area contributed by atoms with E-state index in [-0.39, 0.29) is 11.7 Å². The number of carbonyl (C=O) groups excluding carboxylic acids is 1. The maximum Gasteiger partial charge on any atom is 0.224 e. The average Bonchev–Trinajstić information content (AvgIpc) is 2.78. The number of benzene rings is 2. The molecule has 0 unspecified atom stereocenters. The van der Waals surface area contributed by atoms with E-state index < -0.39 is 0 Å². The van der Waals surface area contributed by atoms with E-state index in [0.717, 1.165) is 42.6 Å². The monoisotopic (exact) mass is 446 g/mol. The lowest BCUT2D eigenvalue weighted by molar-refractivity contribution is -0.116. The van der Waals surface area contributed by atoms with Crippen molar-refractivity contribution < 1.29 is 19.4 Å². The van der Waals surface area contributed by atoms with Crippen molar-refractivity contribution in [1.29, 1.82) is 0 Å². The fraction of sp³-hybridized carbons (Fsp3) is 0.458. The minimum atomic E-state index is -0.123. The Labute approximate surface area is 189 Å². The number of unbranched alkanes of at least 4 members (excludes halogenated alkanes) is 1. The van der Waals surface area contributed by atoms with Crippen LogP contribution in [0.4, 0.5) is 5.69 Å². The first-order valence-corrected chi connectivity index (χ1v) is 11.3. The second-order valence-corrected chi connectivity index (χ2v) is 8.04. The Morgan fingerprint density at radius 3 is 2.58 bits per heavy atom. The van der Waals surface area contributed by atoms with Crippen molar-refractivity contribution in [2.45, 2.75) is 39.7 Å². The minimum Gasteiger partial charge on any atom is -0.503 e. The van der Waals surface area contributed by atoms with Crippen LogP contribution in [-0.4, -0.2) is 48.8 Å². The fourth-order valence-electron chi connectivity index (χ4n) is 3.66. The summed E-state index contributed by atoms with van der Waals surface area (Å²) in [5.74, 6) is 0.252. The molecule has 0 atom stereocenters. The molecule has 0 bridgehead atoms. The van der Waals surface area contributed by atoms with Gasteiger partial charge >= 0.3 is 0 Å². The summed E-state index contributed by atoms with van der Waals surface area (Å²) >= 11 is 6.11. The molecule has 2 aromatic carbocycles. The number of carbonyl (C=O) groups is 1. The Bertz CT molecular complexity index is 880. The second-order valence-electron chi connectivity index (χ2n) is 7.61. The average molecular weight is 447 g/mol. The quantitative estimate of drug-likeness (QED) is 0.526. The Morgan fingerprint density at radius 2 is 1.94 bits per heavy atom. The van der Waals surface area contributed by atoms with Crippen LogP contribution in [0.5, 0.6) is 11.5 Å². The molecule has 3 rings (SSSR count). The van der Waals surface area contributed by atoms with Gasteiger partial charge in [-0.3, -0.25) is 9.69 Å². The van der Waals surface area contributed by atoms with Crippen LogP contribution in [0, 0.1) is 0 Å². The minimum absolute atomic E-state index is 0.0346. The van der Waals surface area contributed by atoms with Crippen molar-refractivity contribution in [2.75, 3.05) is 38.2 Å². The Kier molecular flexibility index (Phi) is 8.58. The molecule has 1 amide bonds. The summed E-state index contributed by atoms with van der Waals surface area (Å²) in [6.45, 7) is 7.90. The number of ether oxygens (including phenoxy) is 2. The van der Waals surface area contributed by atoms with Crippen molar-refractivity contribution in [3.05, 3.63) is 40.9 Å². The molecule has 1 aliphatic heterocycles. The summed E-state index contributed by atoms with van der Waals surface area (Å²) in [4.78, 5) is 14.7. The molecule has 0 aliphatic carbocycles. The Morgan fingerprint density at radius 1 is 1.23 bits per heavy atom. The van der Waals surface area contributed by atoms with Gasteiger partial charge in [-0.25, -0.2) is 0 Å². The SMILES string of the molecule is CCCCC(=O)Nc1cc(-c2ccc(Cl)cc2)c(CN2CCOCC2)c(OCC)c1O. The number of halogens is 1. The van der Waals surface area contributed by atoms with Crippen LogP contribution in [0.15, 0.2) is 30.3 Å². The smallest absolute Gasteiger partial charge is 0.224 e. The summed E-state index contributed by atoms with van der Waals surface area (Å²) in [7, 11) is 0. The van der Waals surface area contributed by atoms with Crippen molar-refractivity contribution in [3.8, 4) is 22.6 Å². The van der Waals surface area contributed by atoms with Gasteiger partial charge in [0.25, 0.3) is 0 Å². The fourth-order valence-corrected chi connectivity index (χ4v) is 3.79. The van der Waals surface area contributed by atoms with E-state index in [9.17, 15) is 9.90 Å². The van der Waals surface area contributed by atoms with Crippen molar-refractivity contribution in [3.63, 3.8) is 0 Å². The molecule has 2 N–H and O–H groups in total. The molecule has 0 aromatic heterocycles. The first kappa shape index (κ1) is 23.4. The van der Waals surface area contributed by atoms with E-state index >= 15 is 0 Å².